The van der Waals surface area contributed by atoms with Crippen molar-refractivity contribution in [2.75, 3.05) is 19.8 Å². The van der Waals surface area contributed by atoms with Crippen LogP contribution in [0.5, 0.6) is 0 Å². The number of aryl methyl sites for hydroxylation is 1. The van der Waals surface area contributed by atoms with E-state index in [1.54, 1.807) is 0 Å². The van der Waals surface area contributed by atoms with Crippen LogP contribution in [0, 0.1) is 0 Å². The summed E-state index contributed by atoms with van der Waals surface area (Å²) in [5, 5.41) is 12.8. The average molecular weight is 364 g/mol. The number of piperidine rings is 1. The second-order valence-electron chi connectivity index (χ2n) is 8.10. The van der Waals surface area contributed by atoms with Crippen molar-refractivity contribution >= 4 is 10.9 Å². The maximum Gasteiger partial charge on any atom is 0.112 e. The molecule has 0 unspecified atom stereocenters. The van der Waals surface area contributed by atoms with E-state index in [0.29, 0.717) is 0 Å². The molecule has 1 saturated heterocycles. The van der Waals surface area contributed by atoms with Crippen molar-refractivity contribution in [3.05, 3.63) is 41.1 Å². The Morgan fingerprint density at radius 1 is 1.00 bits per heavy atom. The largest absolute Gasteiger partial charge is 0.353 e. The summed E-state index contributed by atoms with van der Waals surface area (Å²) in [5.41, 5.74) is 7.54. The highest BCUT2D eigenvalue weighted by Crippen LogP contribution is 2.31. The van der Waals surface area contributed by atoms with E-state index in [1.807, 2.05) is 0 Å². The summed E-state index contributed by atoms with van der Waals surface area (Å²) < 4.78 is 0. The summed E-state index contributed by atoms with van der Waals surface area (Å²) in [6, 6.07) is 8.99. The smallest absolute Gasteiger partial charge is 0.112 e. The minimum atomic E-state index is 0.921. The number of fused-ring (bicyclic) bond motifs is 2. The topological polar surface area (TPSA) is 59.7 Å². The van der Waals surface area contributed by atoms with E-state index >= 15 is 0 Å². The summed E-state index contributed by atoms with van der Waals surface area (Å²) in [5.74, 6) is 0. The lowest BCUT2D eigenvalue weighted by atomic mass is 9.95. The molecule has 5 rings (SSSR count). The Kier molecular flexibility index (Phi) is 4.72. The van der Waals surface area contributed by atoms with Crippen LogP contribution >= 0.6 is 0 Å². The summed E-state index contributed by atoms with van der Waals surface area (Å²) in [6.45, 7) is 4.39. The first-order valence-corrected chi connectivity index (χ1v) is 10.5. The van der Waals surface area contributed by atoms with Gasteiger partial charge in [0.05, 0.1) is 5.69 Å². The number of nitrogens with one attached hydrogen (secondary N) is 3. The predicted octanol–water partition coefficient (Wildman–Crippen LogP) is 3.97. The number of benzene rings is 1. The number of H-pyrrole nitrogens is 2. The Morgan fingerprint density at radius 2 is 1.89 bits per heavy atom. The van der Waals surface area contributed by atoms with Crippen LogP contribution in [0.25, 0.3) is 22.3 Å². The molecule has 0 spiro atoms. The third-order valence-electron chi connectivity index (χ3n) is 6.11. The quantitative estimate of drug-likeness (QED) is 0.643. The first kappa shape index (κ1) is 17.0. The second-order valence-corrected chi connectivity index (χ2v) is 8.10. The van der Waals surface area contributed by atoms with Crippen molar-refractivity contribution in [2.45, 2.75) is 51.5 Å². The Bertz CT molecular complexity index is 916. The van der Waals surface area contributed by atoms with E-state index in [0.717, 1.165) is 37.4 Å². The normalized spacial score (nSPS) is 18.1. The number of nitrogens with zero attached hydrogens (tertiary/aromatic N) is 2. The van der Waals surface area contributed by atoms with Gasteiger partial charge in [0, 0.05) is 35.4 Å². The van der Waals surface area contributed by atoms with E-state index < -0.39 is 0 Å². The second kappa shape index (κ2) is 7.49. The number of rotatable bonds is 5. The third kappa shape index (κ3) is 3.54. The van der Waals surface area contributed by atoms with Crippen molar-refractivity contribution in [3.8, 4) is 11.4 Å². The van der Waals surface area contributed by atoms with E-state index in [4.69, 9.17) is 0 Å². The highest BCUT2D eigenvalue weighted by molar-refractivity contribution is 5.86. The van der Waals surface area contributed by atoms with Crippen LogP contribution < -0.4 is 5.32 Å². The van der Waals surface area contributed by atoms with Gasteiger partial charge in [-0.25, -0.2) is 0 Å². The summed E-state index contributed by atoms with van der Waals surface area (Å²) in [6.07, 6.45) is 8.90. The minimum absolute atomic E-state index is 0.921. The lowest BCUT2D eigenvalue weighted by molar-refractivity contribution is 0.212. The first-order valence-electron chi connectivity index (χ1n) is 10.5. The molecule has 5 nitrogen and oxygen atoms in total. The monoisotopic (exact) mass is 363 g/mol. The molecule has 1 aliphatic heterocycles. The maximum absolute atomic E-state index is 4.61. The van der Waals surface area contributed by atoms with Gasteiger partial charge in [-0.05, 0) is 75.4 Å². The minimum Gasteiger partial charge on any atom is -0.353 e. The van der Waals surface area contributed by atoms with E-state index in [-0.39, 0.29) is 0 Å². The van der Waals surface area contributed by atoms with Crippen molar-refractivity contribution in [2.24, 2.45) is 0 Å². The first-order chi connectivity index (χ1) is 13.4. The van der Waals surface area contributed by atoms with Gasteiger partial charge in [-0.1, -0.05) is 12.5 Å². The third-order valence-corrected chi connectivity index (χ3v) is 6.11. The zero-order valence-electron chi connectivity index (χ0n) is 16.0. The number of hydrogen-bond donors (Lipinski definition) is 3. The Balaban J connectivity index is 1.30. The molecule has 1 fully saturated rings. The molecule has 0 saturated carbocycles. The molecule has 27 heavy (non-hydrogen) atoms. The molecule has 2 aliphatic rings. The maximum atomic E-state index is 4.61. The van der Waals surface area contributed by atoms with Crippen molar-refractivity contribution in [1.29, 1.82) is 0 Å². The van der Waals surface area contributed by atoms with Crippen LogP contribution in [0.15, 0.2) is 24.3 Å². The lowest BCUT2D eigenvalue weighted by Gasteiger charge is -2.26. The molecule has 2 aromatic heterocycles. The van der Waals surface area contributed by atoms with Crippen molar-refractivity contribution < 1.29 is 0 Å². The number of hydrogen-bond acceptors (Lipinski definition) is 3. The van der Waals surface area contributed by atoms with Gasteiger partial charge < -0.3 is 10.3 Å². The van der Waals surface area contributed by atoms with Gasteiger partial charge in [0.25, 0.3) is 0 Å². The summed E-state index contributed by atoms with van der Waals surface area (Å²) in [4.78, 5) is 6.10. The van der Waals surface area contributed by atoms with E-state index in [2.05, 4.69) is 49.7 Å². The Labute approximate surface area is 160 Å². The summed E-state index contributed by atoms with van der Waals surface area (Å²) in [7, 11) is 0. The molecule has 3 heterocycles. The molecule has 0 radical (unpaired) electrons. The van der Waals surface area contributed by atoms with Gasteiger partial charge in [0.15, 0.2) is 0 Å². The Morgan fingerprint density at radius 3 is 2.81 bits per heavy atom. The molecule has 142 valence electrons. The van der Waals surface area contributed by atoms with Gasteiger partial charge >= 0.3 is 0 Å². The van der Waals surface area contributed by atoms with Gasteiger partial charge in [-0.15, -0.1) is 0 Å². The predicted molar refractivity (Wildman–Crippen MR) is 110 cm³/mol. The highest BCUT2D eigenvalue weighted by Gasteiger charge is 2.19. The van der Waals surface area contributed by atoms with Gasteiger partial charge in [0.2, 0.25) is 0 Å². The standard InChI is InChI=1S/C22H29N5/c1-4-10-27(11-5-1)15-23-14-16-8-9-19-17(12-16)13-21(24-19)22-18-6-2-3-7-20(18)25-26-22/h8-9,12-13,23-24H,1-7,10-11,14-15H2,(H,25,26). The van der Waals surface area contributed by atoms with Gasteiger partial charge in [0.1, 0.15) is 5.69 Å². The van der Waals surface area contributed by atoms with Gasteiger partial charge in [-0.3, -0.25) is 10.00 Å². The highest BCUT2D eigenvalue weighted by atomic mass is 15.2. The van der Waals surface area contributed by atoms with E-state index in [9.17, 15) is 0 Å². The van der Waals surface area contributed by atoms with Crippen LogP contribution in [-0.2, 0) is 19.4 Å². The van der Waals surface area contributed by atoms with Crippen LogP contribution in [0.3, 0.4) is 0 Å². The Hall–Kier alpha value is -2.11. The van der Waals surface area contributed by atoms with Crippen molar-refractivity contribution in [1.82, 2.24) is 25.4 Å². The number of likely N-dealkylation sites (tertiary alicyclic amines) is 1. The zero-order valence-corrected chi connectivity index (χ0v) is 16.0. The molecule has 0 amide bonds. The molecular weight excluding hydrogens is 334 g/mol. The molecule has 1 aromatic carbocycles. The molecule has 5 heteroatoms. The average Bonchev–Trinajstić information content (AvgIpc) is 3.32. The van der Waals surface area contributed by atoms with Gasteiger partial charge in [-0.2, -0.15) is 5.10 Å². The van der Waals surface area contributed by atoms with Crippen LogP contribution in [-0.4, -0.2) is 39.8 Å². The van der Waals surface area contributed by atoms with E-state index in [1.165, 1.54) is 72.9 Å². The molecule has 0 atom stereocenters. The zero-order chi connectivity index (χ0) is 18.1. The summed E-state index contributed by atoms with van der Waals surface area (Å²) >= 11 is 0. The molecule has 1 aliphatic carbocycles. The fraction of sp³-hybridized carbons (Fsp3) is 0.500. The fourth-order valence-corrected chi connectivity index (χ4v) is 4.60. The number of aromatic amines is 2. The van der Waals surface area contributed by atoms with Crippen LogP contribution in [0.4, 0.5) is 0 Å². The number of aromatic nitrogens is 3. The van der Waals surface area contributed by atoms with Crippen molar-refractivity contribution in [3.63, 3.8) is 0 Å². The lowest BCUT2D eigenvalue weighted by Crippen LogP contribution is -2.37. The molecular formula is C22H29N5. The molecule has 3 N–H and O–H groups in total. The molecule has 0 bridgehead atoms. The van der Waals surface area contributed by atoms with Crippen LogP contribution in [0.1, 0.15) is 48.9 Å². The SMILES string of the molecule is c1cc2[nH]c(-c3n[nH]c4c3CCCC4)cc2cc1CNCN1CCCCC1. The van der Waals surface area contributed by atoms with Crippen LogP contribution in [0.2, 0.25) is 0 Å². The molecule has 3 aromatic rings. The fourth-order valence-electron chi connectivity index (χ4n) is 4.60.